The van der Waals surface area contributed by atoms with Crippen LogP contribution in [-0.2, 0) is 26.5 Å². The lowest BCUT2D eigenvalue weighted by atomic mass is 10.2. The Morgan fingerprint density at radius 1 is 1.15 bits per heavy atom. The number of nitrogens with one attached hydrogen (secondary N) is 1. The van der Waals surface area contributed by atoms with E-state index in [0.717, 1.165) is 10.4 Å². The number of rotatable bonds is 5. The number of sulfonamides is 2. The van der Waals surface area contributed by atoms with Crippen LogP contribution in [0.4, 0.5) is 11.4 Å². The number of nitro groups is 1. The van der Waals surface area contributed by atoms with Gasteiger partial charge in [0.05, 0.1) is 15.5 Å². The zero-order valence-electron chi connectivity index (χ0n) is 14.5. The van der Waals surface area contributed by atoms with Crippen molar-refractivity contribution in [2.45, 2.75) is 23.1 Å². The van der Waals surface area contributed by atoms with E-state index >= 15 is 0 Å². The first-order chi connectivity index (χ1) is 12.6. The van der Waals surface area contributed by atoms with Crippen molar-refractivity contribution in [3.05, 3.63) is 57.6 Å². The van der Waals surface area contributed by atoms with Gasteiger partial charge in [-0.3, -0.25) is 14.4 Å². The Hall–Kier alpha value is -2.50. The average Bonchev–Trinajstić information content (AvgIpc) is 3.05. The lowest BCUT2D eigenvalue weighted by Gasteiger charge is -2.20. The quantitative estimate of drug-likeness (QED) is 0.588. The van der Waals surface area contributed by atoms with Crippen LogP contribution < -0.4 is 9.03 Å². The zero-order chi connectivity index (χ0) is 20.0. The summed E-state index contributed by atoms with van der Waals surface area (Å²) in [6.07, 6.45) is 0.307. The third-order valence-corrected chi connectivity index (χ3v) is 7.84. The lowest BCUT2D eigenvalue weighted by molar-refractivity contribution is -0.387. The molecular formula is C16H17N3O6S2. The molecule has 1 aliphatic heterocycles. The van der Waals surface area contributed by atoms with Gasteiger partial charge in [0.25, 0.3) is 15.7 Å². The normalized spacial score (nSPS) is 14.2. The molecule has 1 N–H and O–H groups in total. The second kappa shape index (κ2) is 6.59. The fraction of sp³-hybridized carbons (Fsp3) is 0.250. The second-order valence-electron chi connectivity index (χ2n) is 6.01. The van der Waals surface area contributed by atoms with Crippen LogP contribution in [-0.4, -0.2) is 35.4 Å². The van der Waals surface area contributed by atoms with E-state index < -0.39 is 30.7 Å². The Kier molecular flexibility index (Phi) is 4.70. The van der Waals surface area contributed by atoms with Crippen LogP contribution in [0.2, 0.25) is 0 Å². The molecule has 0 saturated carbocycles. The van der Waals surface area contributed by atoms with E-state index in [1.807, 2.05) is 0 Å². The highest BCUT2D eigenvalue weighted by molar-refractivity contribution is 7.93. The summed E-state index contributed by atoms with van der Waals surface area (Å²) in [7, 11) is -6.55. The number of aryl methyl sites for hydroxylation is 1. The molecule has 0 spiro atoms. The van der Waals surface area contributed by atoms with Gasteiger partial charge < -0.3 is 0 Å². The molecule has 0 aromatic heterocycles. The van der Waals surface area contributed by atoms with E-state index in [9.17, 15) is 26.9 Å². The molecule has 1 heterocycles. The minimum Gasteiger partial charge on any atom is -0.265 e. The molecular weight excluding hydrogens is 394 g/mol. The van der Waals surface area contributed by atoms with Gasteiger partial charge in [-0.15, -0.1) is 0 Å². The molecule has 0 amide bonds. The molecule has 0 saturated heterocycles. The molecule has 0 bridgehead atoms. The third-order valence-electron chi connectivity index (χ3n) is 4.42. The van der Waals surface area contributed by atoms with Crippen LogP contribution in [0.25, 0.3) is 0 Å². The van der Waals surface area contributed by atoms with E-state index in [4.69, 9.17) is 0 Å². The van der Waals surface area contributed by atoms with Crippen LogP contribution >= 0.6 is 0 Å². The van der Waals surface area contributed by atoms with Gasteiger partial charge in [0.2, 0.25) is 10.0 Å². The number of fused-ring (bicyclic) bond motifs is 1. The maximum atomic E-state index is 13.2. The van der Waals surface area contributed by atoms with E-state index in [1.165, 1.54) is 44.3 Å². The maximum absolute atomic E-state index is 13.2. The van der Waals surface area contributed by atoms with Crippen molar-refractivity contribution in [3.8, 4) is 0 Å². The van der Waals surface area contributed by atoms with Gasteiger partial charge in [0.1, 0.15) is 0 Å². The maximum Gasteiger partial charge on any atom is 0.290 e. The Morgan fingerprint density at radius 3 is 2.48 bits per heavy atom. The summed E-state index contributed by atoms with van der Waals surface area (Å²) in [4.78, 5) is 10.3. The highest BCUT2D eigenvalue weighted by Gasteiger charge is 2.37. The Labute approximate surface area is 156 Å². The molecule has 0 radical (unpaired) electrons. The first-order valence-electron chi connectivity index (χ1n) is 7.93. The average molecular weight is 411 g/mol. The summed E-state index contributed by atoms with van der Waals surface area (Å²) in [6, 6.07) is 8.22. The summed E-state index contributed by atoms with van der Waals surface area (Å²) in [6.45, 7) is 1.58. The van der Waals surface area contributed by atoms with E-state index in [1.54, 1.807) is 0 Å². The number of hydrogen-bond donors (Lipinski definition) is 1. The number of anilines is 1. The molecule has 0 unspecified atom stereocenters. The molecule has 9 nitrogen and oxygen atoms in total. The van der Waals surface area contributed by atoms with Crippen molar-refractivity contribution in [2.75, 3.05) is 17.9 Å². The molecule has 144 valence electrons. The Morgan fingerprint density at radius 2 is 1.85 bits per heavy atom. The first-order valence-corrected chi connectivity index (χ1v) is 10.8. The van der Waals surface area contributed by atoms with Crippen molar-refractivity contribution in [3.63, 3.8) is 0 Å². The Balaban J connectivity index is 2.13. The van der Waals surface area contributed by atoms with Gasteiger partial charge in [-0.25, -0.2) is 21.6 Å². The van der Waals surface area contributed by atoms with Crippen molar-refractivity contribution >= 4 is 31.4 Å². The molecule has 3 rings (SSSR count). The van der Waals surface area contributed by atoms with Crippen molar-refractivity contribution in [1.82, 2.24) is 4.72 Å². The first kappa shape index (κ1) is 19.3. The molecule has 11 heteroatoms. The molecule has 2 aromatic rings. The zero-order valence-corrected chi connectivity index (χ0v) is 16.2. The molecule has 27 heavy (non-hydrogen) atoms. The summed E-state index contributed by atoms with van der Waals surface area (Å²) in [5.74, 6) is 0. The van der Waals surface area contributed by atoms with Crippen LogP contribution in [0, 0.1) is 17.0 Å². The Bertz CT molecular complexity index is 1140. The van der Waals surface area contributed by atoms with E-state index in [0.29, 0.717) is 17.7 Å². The third kappa shape index (κ3) is 3.17. The van der Waals surface area contributed by atoms with Crippen LogP contribution in [0.3, 0.4) is 0 Å². The van der Waals surface area contributed by atoms with E-state index in [2.05, 4.69) is 4.72 Å². The molecule has 0 fully saturated rings. The van der Waals surface area contributed by atoms with Crippen molar-refractivity contribution in [2.24, 2.45) is 0 Å². The SMILES string of the molecule is CNS(=O)(=O)c1ccc2c(c1)CCN2S(=O)(=O)c1c(C)cccc1[N+](=O)[O-]. The van der Waals surface area contributed by atoms with Crippen LogP contribution in [0.1, 0.15) is 11.1 Å². The van der Waals surface area contributed by atoms with Gasteiger partial charge in [-0.2, -0.15) is 0 Å². The molecule has 0 aliphatic carbocycles. The topological polar surface area (TPSA) is 127 Å². The number of benzene rings is 2. The fourth-order valence-electron chi connectivity index (χ4n) is 3.11. The summed E-state index contributed by atoms with van der Waals surface area (Å²) in [5.41, 5.74) is 0.651. The van der Waals surface area contributed by atoms with Crippen molar-refractivity contribution < 1.29 is 21.8 Å². The number of nitrogens with zero attached hydrogens (tertiary/aromatic N) is 2. The predicted molar refractivity (Wildman–Crippen MR) is 98.8 cm³/mol. The lowest BCUT2D eigenvalue weighted by Crippen LogP contribution is -2.30. The van der Waals surface area contributed by atoms with Crippen LogP contribution in [0.5, 0.6) is 0 Å². The summed E-state index contributed by atoms with van der Waals surface area (Å²) >= 11 is 0. The fourth-order valence-corrected chi connectivity index (χ4v) is 5.76. The van der Waals surface area contributed by atoms with Gasteiger partial charge >= 0.3 is 0 Å². The van der Waals surface area contributed by atoms with Crippen LogP contribution in [0.15, 0.2) is 46.2 Å². The molecule has 0 atom stereocenters. The van der Waals surface area contributed by atoms with Gasteiger partial charge in [0, 0.05) is 12.6 Å². The highest BCUT2D eigenvalue weighted by Crippen LogP contribution is 2.37. The molecule has 2 aromatic carbocycles. The smallest absolute Gasteiger partial charge is 0.265 e. The second-order valence-corrected chi connectivity index (χ2v) is 9.69. The minimum absolute atomic E-state index is 0.0323. The minimum atomic E-state index is -4.19. The summed E-state index contributed by atoms with van der Waals surface area (Å²) in [5, 5.41) is 11.3. The van der Waals surface area contributed by atoms with E-state index in [-0.39, 0.29) is 21.9 Å². The standard InChI is InChI=1S/C16H17N3O6S2/c1-11-4-3-5-15(19(20)21)16(11)27(24,25)18-9-8-12-10-13(6-7-14(12)18)26(22,23)17-2/h3-7,10,17H,8-9H2,1-2H3. The van der Waals surface area contributed by atoms with Crippen molar-refractivity contribution in [1.29, 1.82) is 0 Å². The van der Waals surface area contributed by atoms with Gasteiger partial charge in [-0.1, -0.05) is 12.1 Å². The largest absolute Gasteiger partial charge is 0.290 e. The predicted octanol–water partition coefficient (Wildman–Crippen LogP) is 1.56. The monoisotopic (exact) mass is 411 g/mol. The summed E-state index contributed by atoms with van der Waals surface area (Å²) < 4.78 is 53.5. The van der Waals surface area contributed by atoms with Gasteiger partial charge in [-0.05, 0) is 49.7 Å². The number of hydrogen-bond acceptors (Lipinski definition) is 6. The highest BCUT2D eigenvalue weighted by atomic mass is 32.2. The molecule has 1 aliphatic rings. The van der Waals surface area contributed by atoms with Gasteiger partial charge in [0.15, 0.2) is 4.90 Å². The number of nitro benzene ring substituents is 1.